The van der Waals surface area contributed by atoms with Gasteiger partial charge >= 0.3 is 12.1 Å². The summed E-state index contributed by atoms with van der Waals surface area (Å²) < 4.78 is 49.6. The molecular formula is C26H29F3O5. The largest absolute Gasteiger partial charge is 0.507 e. The van der Waals surface area contributed by atoms with Crippen molar-refractivity contribution >= 4 is 18.3 Å². The van der Waals surface area contributed by atoms with E-state index in [9.17, 15) is 27.9 Å². The molecule has 0 radical (unpaired) electrons. The van der Waals surface area contributed by atoms with Crippen LogP contribution in [-0.4, -0.2) is 36.2 Å². The first-order chi connectivity index (χ1) is 15.7. The Kier molecular flexibility index (Phi) is 8.18. The van der Waals surface area contributed by atoms with Crippen molar-refractivity contribution in [2.45, 2.75) is 60.7 Å². The summed E-state index contributed by atoms with van der Waals surface area (Å²) in [5.74, 6) is -0.719. The Balaban J connectivity index is 0.000000287. The molecule has 0 fully saturated rings. The maximum atomic E-state index is 13.2. The van der Waals surface area contributed by atoms with E-state index in [1.54, 1.807) is 27.7 Å². The van der Waals surface area contributed by atoms with Crippen LogP contribution in [0.1, 0.15) is 56.2 Å². The van der Waals surface area contributed by atoms with Gasteiger partial charge in [-0.05, 0) is 87.9 Å². The van der Waals surface area contributed by atoms with Crippen LogP contribution in [-0.2, 0) is 9.53 Å². The van der Waals surface area contributed by atoms with Gasteiger partial charge in [-0.25, -0.2) is 4.79 Å². The Morgan fingerprint density at radius 3 is 2.12 bits per heavy atom. The molecule has 184 valence electrons. The van der Waals surface area contributed by atoms with Gasteiger partial charge in [-0.2, -0.15) is 13.2 Å². The van der Waals surface area contributed by atoms with E-state index in [-0.39, 0.29) is 18.1 Å². The molecule has 2 aromatic rings. The molecule has 3 rings (SSSR count). The molecule has 0 saturated carbocycles. The Hall–Kier alpha value is -3.29. The highest BCUT2D eigenvalue weighted by molar-refractivity contribution is 5.97. The minimum atomic E-state index is -4.69. The van der Waals surface area contributed by atoms with Crippen LogP contribution in [0.2, 0.25) is 0 Å². The first kappa shape index (κ1) is 27.0. The second-order valence-corrected chi connectivity index (χ2v) is 8.25. The summed E-state index contributed by atoms with van der Waals surface area (Å²) in [6, 6.07) is 3.75. The summed E-state index contributed by atoms with van der Waals surface area (Å²) in [4.78, 5) is 22.4. The van der Waals surface area contributed by atoms with Gasteiger partial charge in [0.05, 0.1) is 17.7 Å². The number of fused-ring (bicyclic) bond motifs is 1. The summed E-state index contributed by atoms with van der Waals surface area (Å²) >= 11 is 0. The Labute approximate surface area is 197 Å². The molecule has 1 heterocycles. The lowest BCUT2D eigenvalue weighted by atomic mass is 9.93. The molecule has 1 N–H and O–H groups in total. The normalized spacial score (nSPS) is 14.8. The highest BCUT2D eigenvalue weighted by Crippen LogP contribution is 2.41. The molecule has 8 heteroatoms. The van der Waals surface area contributed by atoms with Gasteiger partial charge in [0.1, 0.15) is 11.5 Å². The van der Waals surface area contributed by atoms with Crippen molar-refractivity contribution in [3.05, 3.63) is 62.2 Å². The SMILES string of the molecule is CCOC(=O)C1=Cc2c(C)cc(C)c(C)c2OC1C(F)(F)F.Cc1cc(C)c(C=O)c(O)c1C. The summed E-state index contributed by atoms with van der Waals surface area (Å²) in [6.45, 7) is 12.3. The van der Waals surface area contributed by atoms with E-state index in [1.807, 2.05) is 26.0 Å². The van der Waals surface area contributed by atoms with Crippen molar-refractivity contribution in [1.82, 2.24) is 0 Å². The maximum absolute atomic E-state index is 13.2. The molecule has 0 aromatic heterocycles. The summed E-state index contributed by atoms with van der Waals surface area (Å²) in [6.07, 6.45) is -5.08. The van der Waals surface area contributed by atoms with E-state index in [0.29, 0.717) is 23.0 Å². The van der Waals surface area contributed by atoms with Gasteiger partial charge in [-0.15, -0.1) is 0 Å². The number of aryl methyl sites for hydroxylation is 4. The number of halogens is 3. The fraction of sp³-hybridized carbons (Fsp3) is 0.385. The molecule has 1 aliphatic heterocycles. The molecule has 1 atom stereocenters. The third-order valence-corrected chi connectivity index (χ3v) is 5.84. The van der Waals surface area contributed by atoms with Gasteiger partial charge in [-0.3, -0.25) is 4.79 Å². The lowest BCUT2D eigenvalue weighted by molar-refractivity contribution is -0.188. The van der Waals surface area contributed by atoms with Crippen LogP contribution in [0.25, 0.3) is 6.08 Å². The van der Waals surface area contributed by atoms with E-state index in [4.69, 9.17) is 9.47 Å². The van der Waals surface area contributed by atoms with E-state index in [2.05, 4.69) is 0 Å². The second kappa shape index (κ2) is 10.3. The number of phenols is 1. The zero-order chi connectivity index (χ0) is 26.0. The number of aldehydes is 1. The lowest BCUT2D eigenvalue weighted by Crippen LogP contribution is -2.41. The minimum Gasteiger partial charge on any atom is -0.507 e. The predicted octanol–water partition coefficient (Wildman–Crippen LogP) is 6.01. The van der Waals surface area contributed by atoms with Crippen molar-refractivity contribution in [2.75, 3.05) is 6.61 Å². The highest BCUT2D eigenvalue weighted by Gasteiger charge is 2.49. The fourth-order valence-electron chi connectivity index (χ4n) is 3.67. The molecule has 1 unspecified atom stereocenters. The third kappa shape index (κ3) is 5.43. The Morgan fingerprint density at radius 2 is 1.59 bits per heavy atom. The minimum absolute atomic E-state index is 0.000481. The number of alkyl halides is 3. The molecule has 5 nitrogen and oxygen atoms in total. The summed E-state index contributed by atoms with van der Waals surface area (Å²) in [5.41, 5.74) is 5.21. The molecule has 0 amide bonds. The van der Waals surface area contributed by atoms with E-state index in [1.165, 1.54) is 13.0 Å². The number of aromatic hydroxyl groups is 1. The first-order valence-electron chi connectivity index (χ1n) is 10.7. The zero-order valence-electron chi connectivity index (χ0n) is 20.3. The lowest BCUT2D eigenvalue weighted by Gasteiger charge is -2.30. The predicted molar refractivity (Wildman–Crippen MR) is 123 cm³/mol. The van der Waals surface area contributed by atoms with Crippen molar-refractivity contribution < 1.29 is 37.3 Å². The number of benzene rings is 2. The molecule has 1 aliphatic rings. The number of esters is 1. The molecule has 34 heavy (non-hydrogen) atoms. The average molecular weight is 479 g/mol. The number of rotatable bonds is 3. The van der Waals surface area contributed by atoms with E-state index >= 15 is 0 Å². The topological polar surface area (TPSA) is 72.8 Å². The number of hydrogen-bond donors (Lipinski definition) is 1. The Morgan fingerprint density at radius 1 is 1.03 bits per heavy atom. The van der Waals surface area contributed by atoms with Gasteiger partial charge in [0.15, 0.2) is 6.29 Å². The summed E-state index contributed by atoms with van der Waals surface area (Å²) in [7, 11) is 0. The summed E-state index contributed by atoms with van der Waals surface area (Å²) in [5, 5.41) is 9.53. The van der Waals surface area contributed by atoms with Crippen molar-refractivity contribution in [3.8, 4) is 11.5 Å². The smallest absolute Gasteiger partial charge is 0.430 e. The zero-order valence-corrected chi connectivity index (χ0v) is 20.3. The molecule has 0 aliphatic carbocycles. The fourth-order valence-corrected chi connectivity index (χ4v) is 3.67. The van der Waals surface area contributed by atoms with Crippen molar-refractivity contribution in [3.63, 3.8) is 0 Å². The van der Waals surface area contributed by atoms with E-state index < -0.39 is 23.8 Å². The van der Waals surface area contributed by atoms with Crippen molar-refractivity contribution in [1.29, 1.82) is 0 Å². The number of hydrogen-bond acceptors (Lipinski definition) is 5. The molecular weight excluding hydrogens is 449 g/mol. The molecule has 2 aromatic carbocycles. The van der Waals surface area contributed by atoms with Crippen LogP contribution in [0.3, 0.4) is 0 Å². The number of phenolic OH excluding ortho intramolecular Hbond substituents is 1. The standard InChI is InChI=1S/C16H17F3O3.C10H12O2/c1-5-21-15(20)12-7-11-9(3)6-8(2)10(4)13(11)22-14(12)16(17,18)19;1-6-4-7(2)9(5-11)10(12)8(6)3/h6-7,14H,5H2,1-4H3;4-5,12H,1-3H3. The van der Waals surface area contributed by atoms with Crippen LogP contribution < -0.4 is 4.74 Å². The monoisotopic (exact) mass is 478 g/mol. The van der Waals surface area contributed by atoms with Gasteiger partial charge in [-0.1, -0.05) is 12.1 Å². The second-order valence-electron chi connectivity index (χ2n) is 8.25. The van der Waals surface area contributed by atoms with Crippen LogP contribution in [0, 0.1) is 41.5 Å². The highest BCUT2D eigenvalue weighted by atomic mass is 19.4. The van der Waals surface area contributed by atoms with Gasteiger partial charge in [0.25, 0.3) is 0 Å². The molecule has 0 spiro atoms. The average Bonchev–Trinajstić information content (AvgIpc) is 2.75. The molecule has 0 saturated heterocycles. The molecule has 0 bridgehead atoms. The quantitative estimate of drug-likeness (QED) is 0.432. The van der Waals surface area contributed by atoms with Crippen LogP contribution in [0.15, 0.2) is 17.7 Å². The maximum Gasteiger partial charge on any atom is 0.430 e. The van der Waals surface area contributed by atoms with Gasteiger partial charge in [0, 0.05) is 5.56 Å². The third-order valence-electron chi connectivity index (χ3n) is 5.84. The van der Waals surface area contributed by atoms with Gasteiger partial charge in [0.2, 0.25) is 6.10 Å². The van der Waals surface area contributed by atoms with Crippen molar-refractivity contribution in [2.24, 2.45) is 0 Å². The van der Waals surface area contributed by atoms with Crippen LogP contribution in [0.4, 0.5) is 13.2 Å². The number of ether oxygens (including phenoxy) is 2. The first-order valence-corrected chi connectivity index (χ1v) is 10.7. The van der Waals surface area contributed by atoms with E-state index in [0.717, 1.165) is 27.8 Å². The van der Waals surface area contributed by atoms with Gasteiger partial charge < -0.3 is 14.6 Å². The Bertz CT molecular complexity index is 1150. The van der Waals surface area contributed by atoms with Crippen LogP contribution >= 0.6 is 0 Å². The number of carbonyl (C=O) groups is 2. The number of carbonyl (C=O) groups excluding carboxylic acids is 2. The van der Waals surface area contributed by atoms with Crippen LogP contribution in [0.5, 0.6) is 11.5 Å².